The predicted octanol–water partition coefficient (Wildman–Crippen LogP) is 4.61. The lowest BCUT2D eigenvalue weighted by Crippen LogP contribution is -1.99. The van der Waals surface area contributed by atoms with Crippen molar-refractivity contribution in [1.29, 1.82) is 0 Å². The van der Waals surface area contributed by atoms with Gasteiger partial charge in [-0.1, -0.05) is 78.9 Å². The molecule has 1 aromatic heterocycles. The third-order valence-electron chi connectivity index (χ3n) is 3.80. The van der Waals surface area contributed by atoms with Gasteiger partial charge in [0.15, 0.2) is 0 Å². The first-order valence-electron chi connectivity index (χ1n) is 8.07. The molecule has 0 aliphatic rings. The fraction of sp³-hybridized carbons (Fsp3) is 0. The second-order valence-electron chi connectivity index (χ2n) is 5.58. The first-order valence-corrected chi connectivity index (χ1v) is 8.07. The van der Waals surface area contributed by atoms with Gasteiger partial charge in [-0.15, -0.1) is 0 Å². The van der Waals surface area contributed by atoms with Gasteiger partial charge in [0.25, 0.3) is 0 Å². The molecule has 0 saturated heterocycles. The van der Waals surface area contributed by atoms with E-state index < -0.39 is 5.97 Å². The molecule has 0 amide bonds. The number of hydrogen-bond donors (Lipinski definition) is 2. The number of carboxylic acid groups (broad SMARTS) is 1. The number of phenolic OH excluding ortho intramolecular Hbond substituents is 1. The van der Waals surface area contributed by atoms with E-state index >= 15 is 0 Å². The summed E-state index contributed by atoms with van der Waals surface area (Å²) >= 11 is 0. The van der Waals surface area contributed by atoms with Gasteiger partial charge in [0.2, 0.25) is 0 Å². The maximum Gasteiger partial charge on any atom is 0.354 e. The monoisotopic (exact) mass is 354 g/mol. The van der Waals surface area contributed by atoms with Gasteiger partial charge in [0.05, 0.1) is 0 Å². The summed E-state index contributed by atoms with van der Waals surface area (Å²) in [5, 5.41) is 18.8. The van der Waals surface area contributed by atoms with Gasteiger partial charge in [-0.05, 0) is 23.3 Å². The minimum Gasteiger partial charge on any atom is -0.506 e. The van der Waals surface area contributed by atoms with Crippen LogP contribution in [0.15, 0.2) is 91.0 Å². The molecule has 0 saturated carbocycles. The van der Waals surface area contributed by atoms with Crippen LogP contribution in [0, 0.1) is 0 Å². The Morgan fingerprint density at radius 1 is 0.704 bits per heavy atom. The van der Waals surface area contributed by atoms with Gasteiger partial charge in [-0.3, -0.25) is 0 Å². The average molecular weight is 354 g/mol. The highest BCUT2D eigenvalue weighted by Gasteiger charge is 2.07. The lowest BCUT2D eigenvalue weighted by molar-refractivity contribution is 0.0691. The maximum absolute atomic E-state index is 10.6. The van der Waals surface area contributed by atoms with Crippen molar-refractivity contribution >= 4 is 25.3 Å². The van der Waals surface area contributed by atoms with E-state index in [2.05, 4.69) is 53.5 Å². The van der Waals surface area contributed by atoms with Crippen LogP contribution in [0.2, 0.25) is 0 Å². The zero-order chi connectivity index (χ0) is 18.4. The Balaban J connectivity index is 0.000000189. The summed E-state index contributed by atoms with van der Waals surface area (Å²) in [5.41, 5.74) is 2.79. The number of rotatable bonds is 2. The Hall–Kier alpha value is -3.60. The molecule has 0 aliphatic heterocycles. The van der Waals surface area contributed by atoms with Crippen LogP contribution in [0.5, 0.6) is 5.75 Å². The van der Waals surface area contributed by atoms with Crippen molar-refractivity contribution in [3.05, 3.63) is 96.7 Å². The molecule has 4 aromatic rings. The van der Waals surface area contributed by atoms with E-state index in [1.807, 2.05) is 12.1 Å². The highest BCUT2D eigenvalue weighted by Crippen LogP contribution is 2.22. The van der Waals surface area contributed by atoms with Crippen molar-refractivity contribution in [1.82, 2.24) is 4.98 Å². The minimum atomic E-state index is -1.10. The van der Waals surface area contributed by atoms with Crippen molar-refractivity contribution in [2.24, 2.45) is 0 Å². The van der Waals surface area contributed by atoms with Crippen molar-refractivity contribution in [3.63, 3.8) is 0 Å². The highest BCUT2D eigenvalue weighted by molar-refractivity contribution is 5.91. The Labute approximate surface area is 159 Å². The predicted molar refractivity (Wildman–Crippen MR) is 108 cm³/mol. The molecule has 27 heavy (non-hydrogen) atoms. The number of phenols is 1. The number of carboxylic acids is 1. The lowest BCUT2D eigenvalue weighted by atomic mass is 10.1. The number of benzene rings is 3. The second-order valence-corrected chi connectivity index (χ2v) is 5.58. The van der Waals surface area contributed by atoms with Crippen molar-refractivity contribution in [2.75, 3.05) is 0 Å². The molecule has 0 spiro atoms. The van der Waals surface area contributed by atoms with Crippen LogP contribution in [0.3, 0.4) is 0 Å². The van der Waals surface area contributed by atoms with Crippen LogP contribution in [-0.2, 0) is 0 Å². The van der Waals surface area contributed by atoms with E-state index in [0.29, 0.717) is 5.52 Å². The summed E-state index contributed by atoms with van der Waals surface area (Å²) in [7, 11) is 0. The molecule has 0 unspecified atom stereocenters. The molecule has 5 heteroatoms. The number of pyridine rings is 1. The number of para-hydroxylation sites is 1. The summed E-state index contributed by atoms with van der Waals surface area (Å²) in [6, 6.07) is 28.7. The molecule has 4 rings (SSSR count). The molecular weight excluding hydrogens is 337 g/mol. The molecule has 2 N–H and O–H groups in total. The van der Waals surface area contributed by atoms with Gasteiger partial charge in [0.1, 0.15) is 17.0 Å². The SMILES string of the molecule is O=C(O)c1ccc2cccc(O)c2n1.[B].c1ccc(-c2ccccc2)cc1. The molecule has 0 fully saturated rings. The summed E-state index contributed by atoms with van der Waals surface area (Å²) in [6.07, 6.45) is 0. The fourth-order valence-corrected chi connectivity index (χ4v) is 2.51. The van der Waals surface area contributed by atoms with Crippen LogP contribution >= 0.6 is 0 Å². The minimum absolute atomic E-state index is 0. The number of aromatic hydroxyl groups is 1. The second kappa shape index (κ2) is 9.20. The van der Waals surface area contributed by atoms with Gasteiger partial charge in [-0.2, -0.15) is 0 Å². The van der Waals surface area contributed by atoms with Crippen LogP contribution < -0.4 is 0 Å². The van der Waals surface area contributed by atoms with Gasteiger partial charge >= 0.3 is 5.97 Å². The number of aromatic nitrogens is 1. The Morgan fingerprint density at radius 3 is 1.78 bits per heavy atom. The fourth-order valence-electron chi connectivity index (χ4n) is 2.51. The molecule has 0 bridgehead atoms. The topological polar surface area (TPSA) is 70.4 Å². The van der Waals surface area contributed by atoms with Crippen molar-refractivity contribution < 1.29 is 15.0 Å². The van der Waals surface area contributed by atoms with E-state index in [4.69, 9.17) is 5.11 Å². The van der Waals surface area contributed by atoms with Crippen LogP contribution in [0.25, 0.3) is 22.0 Å². The summed E-state index contributed by atoms with van der Waals surface area (Å²) in [5.74, 6) is -1.11. The van der Waals surface area contributed by atoms with E-state index in [9.17, 15) is 9.90 Å². The number of carbonyl (C=O) groups is 1. The largest absolute Gasteiger partial charge is 0.506 e. The average Bonchev–Trinajstić information content (AvgIpc) is 2.70. The molecule has 0 atom stereocenters. The van der Waals surface area contributed by atoms with Gasteiger partial charge < -0.3 is 10.2 Å². The molecular formula is C22H17BNO3. The van der Waals surface area contributed by atoms with E-state index in [1.54, 1.807) is 18.2 Å². The third kappa shape index (κ3) is 4.95. The highest BCUT2D eigenvalue weighted by atomic mass is 16.4. The molecule has 131 valence electrons. The van der Waals surface area contributed by atoms with Gasteiger partial charge in [-0.25, -0.2) is 9.78 Å². The number of aromatic carboxylic acids is 1. The first-order chi connectivity index (χ1) is 12.6. The summed E-state index contributed by atoms with van der Waals surface area (Å²) in [4.78, 5) is 14.4. The maximum atomic E-state index is 10.6. The van der Waals surface area contributed by atoms with E-state index in [0.717, 1.165) is 5.39 Å². The van der Waals surface area contributed by atoms with Crippen molar-refractivity contribution in [2.45, 2.75) is 0 Å². The molecule has 4 nitrogen and oxygen atoms in total. The third-order valence-corrected chi connectivity index (χ3v) is 3.80. The Kier molecular flexibility index (Phi) is 6.72. The standard InChI is InChI=1S/C12H10.C10H7NO3.B/c1-3-7-11(8-4-1)12-9-5-2-6-10-12;12-8-3-1-2-6-4-5-7(10(13)14)11-9(6)8;/h1-10H;1-5,12H,(H,13,14);. The summed E-state index contributed by atoms with van der Waals surface area (Å²) < 4.78 is 0. The normalized spacial score (nSPS) is 9.63. The van der Waals surface area contributed by atoms with E-state index in [-0.39, 0.29) is 19.9 Å². The van der Waals surface area contributed by atoms with Crippen molar-refractivity contribution in [3.8, 4) is 16.9 Å². The Morgan fingerprint density at radius 2 is 1.26 bits per heavy atom. The molecule has 3 radical (unpaired) electrons. The number of fused-ring (bicyclic) bond motifs is 1. The van der Waals surface area contributed by atoms with E-state index in [1.165, 1.54) is 23.3 Å². The lowest BCUT2D eigenvalue weighted by Gasteiger charge is -2.00. The zero-order valence-electron chi connectivity index (χ0n) is 14.5. The molecule has 3 aromatic carbocycles. The summed E-state index contributed by atoms with van der Waals surface area (Å²) in [6.45, 7) is 0. The van der Waals surface area contributed by atoms with Crippen LogP contribution in [0.1, 0.15) is 10.5 Å². The van der Waals surface area contributed by atoms with Crippen LogP contribution in [-0.4, -0.2) is 29.6 Å². The number of hydrogen-bond acceptors (Lipinski definition) is 3. The smallest absolute Gasteiger partial charge is 0.354 e. The Bertz CT molecular complexity index is 984. The molecule has 1 heterocycles. The van der Waals surface area contributed by atoms with Gasteiger partial charge in [0, 0.05) is 13.8 Å². The zero-order valence-corrected chi connectivity index (χ0v) is 14.5. The molecule has 0 aliphatic carbocycles. The number of nitrogens with zero attached hydrogens (tertiary/aromatic N) is 1. The quantitative estimate of drug-likeness (QED) is 0.516. The van der Waals surface area contributed by atoms with Crippen LogP contribution in [0.4, 0.5) is 0 Å². The first kappa shape index (κ1) is 19.7.